The molecule has 0 aliphatic carbocycles. The van der Waals surface area contributed by atoms with Crippen LogP contribution in [0.5, 0.6) is 0 Å². The van der Waals surface area contributed by atoms with Crippen LogP contribution in [0.1, 0.15) is 12.5 Å². The van der Waals surface area contributed by atoms with Crippen LogP contribution in [0.4, 0.5) is 0 Å². The lowest BCUT2D eigenvalue weighted by Crippen LogP contribution is -2.57. The first-order chi connectivity index (χ1) is 12.5. The fourth-order valence-electron chi connectivity index (χ4n) is 3.45. The van der Waals surface area contributed by atoms with Crippen molar-refractivity contribution in [2.45, 2.75) is 12.5 Å². The third kappa shape index (κ3) is 5.81. The number of rotatable bonds is 4. The van der Waals surface area contributed by atoms with E-state index in [1.165, 1.54) is 0 Å². The van der Waals surface area contributed by atoms with E-state index in [1.807, 2.05) is 40.1 Å². The average molecular weight is 433 g/mol. The molecule has 0 saturated carbocycles. The monoisotopic (exact) mass is 432 g/mol. The summed E-state index contributed by atoms with van der Waals surface area (Å²) in [5.74, 6) is 0.0730. The van der Waals surface area contributed by atoms with Crippen LogP contribution in [-0.2, 0) is 19.9 Å². The molecule has 0 spiro atoms. The predicted molar refractivity (Wildman–Crippen MR) is 113 cm³/mol. The van der Waals surface area contributed by atoms with Gasteiger partial charge in [0.2, 0.25) is 11.8 Å². The molecular formula is C19H30Cl2N4O3. The molecule has 2 aliphatic rings. The van der Waals surface area contributed by atoms with Crippen LogP contribution in [0.25, 0.3) is 0 Å². The van der Waals surface area contributed by atoms with Crippen LogP contribution < -0.4 is 5.73 Å². The topological polar surface area (TPSA) is 79.1 Å². The van der Waals surface area contributed by atoms with Gasteiger partial charge in [-0.15, -0.1) is 24.8 Å². The van der Waals surface area contributed by atoms with Crippen molar-refractivity contribution in [3.8, 4) is 0 Å². The first-order valence-electron chi connectivity index (χ1n) is 9.20. The largest absolute Gasteiger partial charge is 0.378 e. The van der Waals surface area contributed by atoms with E-state index in [0.717, 1.165) is 5.56 Å². The summed E-state index contributed by atoms with van der Waals surface area (Å²) in [6.07, 6.45) is 0. The van der Waals surface area contributed by atoms with Crippen molar-refractivity contribution in [1.29, 1.82) is 0 Å². The van der Waals surface area contributed by atoms with Crippen LogP contribution in [0.3, 0.4) is 0 Å². The highest BCUT2D eigenvalue weighted by Crippen LogP contribution is 2.21. The molecule has 2 heterocycles. The second kappa shape index (κ2) is 11.0. The van der Waals surface area contributed by atoms with Gasteiger partial charge in [-0.25, -0.2) is 0 Å². The summed E-state index contributed by atoms with van der Waals surface area (Å²) in [4.78, 5) is 31.0. The van der Waals surface area contributed by atoms with E-state index in [-0.39, 0.29) is 36.6 Å². The molecule has 1 unspecified atom stereocenters. The zero-order chi connectivity index (χ0) is 18.6. The summed E-state index contributed by atoms with van der Waals surface area (Å²) in [6.45, 7) is 7.29. The lowest BCUT2D eigenvalue weighted by Gasteiger charge is -2.39. The second-order valence-corrected chi connectivity index (χ2v) is 7.13. The molecule has 0 radical (unpaired) electrons. The van der Waals surface area contributed by atoms with Crippen molar-refractivity contribution in [1.82, 2.24) is 14.7 Å². The number of halogens is 2. The molecule has 158 valence electrons. The van der Waals surface area contributed by atoms with Crippen molar-refractivity contribution in [3.63, 3.8) is 0 Å². The van der Waals surface area contributed by atoms with Crippen molar-refractivity contribution >= 4 is 36.6 Å². The Labute approximate surface area is 179 Å². The Morgan fingerprint density at radius 1 is 0.964 bits per heavy atom. The number of morpholine rings is 1. The molecule has 1 aromatic carbocycles. The summed E-state index contributed by atoms with van der Waals surface area (Å²) in [5.41, 5.74) is 6.13. The average Bonchev–Trinajstić information content (AvgIpc) is 2.69. The molecule has 2 aliphatic heterocycles. The van der Waals surface area contributed by atoms with Gasteiger partial charge in [-0.2, -0.15) is 0 Å². The van der Waals surface area contributed by atoms with Gasteiger partial charge in [-0.3, -0.25) is 14.5 Å². The molecular weight excluding hydrogens is 403 g/mol. The third-order valence-corrected chi connectivity index (χ3v) is 5.20. The van der Waals surface area contributed by atoms with Crippen molar-refractivity contribution in [3.05, 3.63) is 35.9 Å². The molecule has 1 atom stereocenters. The predicted octanol–water partition coefficient (Wildman–Crippen LogP) is 0.707. The Morgan fingerprint density at radius 3 is 2.11 bits per heavy atom. The molecule has 7 nitrogen and oxygen atoms in total. The maximum absolute atomic E-state index is 12.9. The molecule has 0 aromatic heterocycles. The highest BCUT2D eigenvalue weighted by atomic mass is 35.5. The van der Waals surface area contributed by atoms with Crippen LogP contribution >= 0.6 is 24.8 Å². The number of ether oxygens (including phenoxy) is 1. The van der Waals surface area contributed by atoms with E-state index in [2.05, 4.69) is 4.90 Å². The highest BCUT2D eigenvalue weighted by Gasteiger charge is 2.36. The first-order valence-corrected chi connectivity index (χ1v) is 9.20. The number of carbonyl (C=O) groups excluding carboxylic acids is 2. The second-order valence-electron chi connectivity index (χ2n) is 7.13. The van der Waals surface area contributed by atoms with Gasteiger partial charge in [0, 0.05) is 39.3 Å². The summed E-state index contributed by atoms with van der Waals surface area (Å²) < 4.78 is 5.29. The normalized spacial score (nSPS) is 19.8. The van der Waals surface area contributed by atoms with Gasteiger partial charge in [0.15, 0.2) is 0 Å². The summed E-state index contributed by atoms with van der Waals surface area (Å²) in [7, 11) is 0. The molecule has 0 bridgehead atoms. The van der Waals surface area contributed by atoms with Gasteiger partial charge in [0.05, 0.1) is 19.8 Å². The summed E-state index contributed by atoms with van der Waals surface area (Å²) >= 11 is 0. The van der Waals surface area contributed by atoms with Gasteiger partial charge >= 0.3 is 0 Å². The van der Waals surface area contributed by atoms with Gasteiger partial charge in [0.1, 0.15) is 5.54 Å². The van der Waals surface area contributed by atoms with E-state index < -0.39 is 5.54 Å². The molecule has 3 rings (SSSR count). The fraction of sp³-hybridized carbons (Fsp3) is 0.579. The van der Waals surface area contributed by atoms with Crippen LogP contribution in [-0.4, -0.2) is 85.5 Å². The minimum Gasteiger partial charge on any atom is -0.378 e. The molecule has 2 amide bonds. The molecule has 1 aromatic rings. The van der Waals surface area contributed by atoms with Crippen molar-refractivity contribution in [2.75, 3.05) is 59.0 Å². The number of benzene rings is 1. The van der Waals surface area contributed by atoms with Crippen molar-refractivity contribution < 1.29 is 14.3 Å². The summed E-state index contributed by atoms with van der Waals surface area (Å²) in [5, 5.41) is 0. The maximum atomic E-state index is 12.9. The molecule has 2 saturated heterocycles. The maximum Gasteiger partial charge on any atom is 0.247 e. The number of nitrogens with two attached hydrogens (primary N) is 1. The Morgan fingerprint density at radius 2 is 1.54 bits per heavy atom. The van der Waals surface area contributed by atoms with Gasteiger partial charge in [-0.1, -0.05) is 30.3 Å². The molecule has 2 N–H and O–H groups in total. The Bertz CT molecular complexity index is 631. The van der Waals surface area contributed by atoms with Gasteiger partial charge in [0.25, 0.3) is 0 Å². The first kappa shape index (κ1) is 24.7. The third-order valence-electron chi connectivity index (χ3n) is 5.20. The smallest absolute Gasteiger partial charge is 0.247 e. The van der Waals surface area contributed by atoms with E-state index in [1.54, 1.807) is 6.92 Å². The zero-order valence-corrected chi connectivity index (χ0v) is 17.8. The molecule has 2 fully saturated rings. The lowest BCUT2D eigenvalue weighted by atomic mass is 9.91. The highest BCUT2D eigenvalue weighted by molar-refractivity contribution is 5.87. The van der Waals surface area contributed by atoms with E-state index in [9.17, 15) is 9.59 Å². The van der Waals surface area contributed by atoms with Crippen LogP contribution in [0.2, 0.25) is 0 Å². The number of hydrogen-bond acceptors (Lipinski definition) is 5. The van der Waals surface area contributed by atoms with Gasteiger partial charge < -0.3 is 20.3 Å². The number of piperazine rings is 1. The lowest BCUT2D eigenvalue weighted by molar-refractivity contribution is -0.140. The Kier molecular flexibility index (Phi) is 9.66. The van der Waals surface area contributed by atoms with Crippen LogP contribution in [0, 0.1) is 0 Å². The standard InChI is InChI=1S/C19H28N4O3.2ClH/c1-19(20,16-5-3-2-4-6-16)18(25)23-9-7-21(8-10-23)15-17(24)22-11-13-26-14-12-22;;/h2-6H,7-15,20H2,1H3;2*1H. The number of amides is 2. The number of carbonyl (C=O) groups is 2. The summed E-state index contributed by atoms with van der Waals surface area (Å²) in [6, 6.07) is 9.46. The fourth-order valence-corrected chi connectivity index (χ4v) is 3.45. The van der Waals surface area contributed by atoms with Gasteiger partial charge in [-0.05, 0) is 12.5 Å². The molecule has 28 heavy (non-hydrogen) atoms. The van der Waals surface area contributed by atoms with Crippen LogP contribution in [0.15, 0.2) is 30.3 Å². The van der Waals surface area contributed by atoms with E-state index in [4.69, 9.17) is 10.5 Å². The Balaban J connectivity index is 0.00000196. The minimum atomic E-state index is -1.03. The number of nitrogens with zero attached hydrogens (tertiary/aromatic N) is 3. The minimum absolute atomic E-state index is 0. The zero-order valence-electron chi connectivity index (χ0n) is 16.2. The molecule has 9 heteroatoms. The number of hydrogen-bond donors (Lipinski definition) is 1. The Hall–Kier alpha value is -1.38. The van der Waals surface area contributed by atoms with E-state index in [0.29, 0.717) is 59.0 Å². The van der Waals surface area contributed by atoms with Crippen molar-refractivity contribution in [2.24, 2.45) is 5.73 Å². The SMILES string of the molecule is CC(N)(C(=O)N1CCN(CC(=O)N2CCOCC2)CC1)c1ccccc1.Cl.Cl. The van der Waals surface area contributed by atoms with E-state index >= 15 is 0 Å². The quantitative estimate of drug-likeness (QED) is 0.757.